The molecule has 0 aliphatic rings. The van der Waals surface area contributed by atoms with Gasteiger partial charge in [0.15, 0.2) is 0 Å². The van der Waals surface area contributed by atoms with Crippen LogP contribution in [-0.4, -0.2) is 0 Å². The maximum atomic E-state index is 12.9. The second-order valence-electron chi connectivity index (χ2n) is 5.13. The first kappa shape index (κ1) is 18.4. The quantitative estimate of drug-likeness (QED) is 0.340. The molecule has 0 saturated heterocycles. The van der Waals surface area contributed by atoms with Crippen LogP contribution in [0.3, 0.4) is 0 Å². The summed E-state index contributed by atoms with van der Waals surface area (Å²) in [6.45, 7) is 0. The lowest BCUT2D eigenvalue weighted by molar-refractivity contribution is -0.143. The van der Waals surface area contributed by atoms with Crippen LogP contribution in [0, 0.1) is 11.3 Å². The van der Waals surface area contributed by atoms with Gasteiger partial charge in [0.1, 0.15) is 0 Å². The van der Waals surface area contributed by atoms with Gasteiger partial charge in [-0.3, -0.25) is 0 Å². The number of benzene rings is 2. The van der Waals surface area contributed by atoms with E-state index >= 15 is 0 Å². The standard InChI is InChI=1S/C17H10F6N2/c18-16(19,20)13-6-11(7-14(8-13)17(21,22)23)12(9-24)5-10-1-3-15(25)4-2-10/h1-8H,25H2. The fourth-order valence-corrected chi connectivity index (χ4v) is 2.05. The Hall–Kier alpha value is -2.95. The van der Waals surface area contributed by atoms with Crippen molar-refractivity contribution < 1.29 is 26.3 Å². The molecular weight excluding hydrogens is 346 g/mol. The van der Waals surface area contributed by atoms with Crippen molar-refractivity contribution in [1.82, 2.24) is 0 Å². The van der Waals surface area contributed by atoms with E-state index in [1.54, 1.807) is 6.07 Å². The molecule has 0 aromatic heterocycles. The number of halogens is 6. The Kier molecular flexibility index (Phi) is 4.79. The molecule has 2 N–H and O–H groups in total. The molecule has 0 atom stereocenters. The molecule has 0 spiro atoms. The summed E-state index contributed by atoms with van der Waals surface area (Å²) in [4.78, 5) is 0. The number of nitriles is 1. The first-order valence-electron chi connectivity index (χ1n) is 6.78. The van der Waals surface area contributed by atoms with Crippen molar-refractivity contribution in [2.45, 2.75) is 12.4 Å². The lowest BCUT2D eigenvalue weighted by Crippen LogP contribution is -2.11. The molecule has 0 aliphatic carbocycles. The van der Waals surface area contributed by atoms with Gasteiger partial charge in [-0.2, -0.15) is 31.6 Å². The van der Waals surface area contributed by atoms with Crippen LogP contribution in [-0.2, 0) is 12.4 Å². The van der Waals surface area contributed by atoms with E-state index in [0.717, 1.165) is 0 Å². The highest BCUT2D eigenvalue weighted by Crippen LogP contribution is 2.37. The number of anilines is 1. The van der Waals surface area contributed by atoms with Crippen molar-refractivity contribution >= 4 is 17.3 Å². The molecule has 2 aromatic rings. The van der Waals surface area contributed by atoms with Crippen molar-refractivity contribution in [2.24, 2.45) is 0 Å². The Labute approximate surface area is 138 Å². The minimum absolute atomic E-state index is 0.0156. The largest absolute Gasteiger partial charge is 0.416 e. The van der Waals surface area contributed by atoms with Gasteiger partial charge >= 0.3 is 12.4 Å². The van der Waals surface area contributed by atoms with E-state index in [1.165, 1.54) is 30.3 Å². The molecule has 25 heavy (non-hydrogen) atoms. The van der Waals surface area contributed by atoms with Gasteiger partial charge in [-0.25, -0.2) is 0 Å². The Morgan fingerprint density at radius 1 is 0.880 bits per heavy atom. The SMILES string of the molecule is N#CC(=Cc1ccc(N)cc1)c1cc(C(F)(F)F)cc(C(F)(F)F)c1. The van der Waals surface area contributed by atoms with E-state index in [1.807, 2.05) is 0 Å². The molecule has 0 fully saturated rings. The van der Waals surface area contributed by atoms with Crippen LogP contribution in [0.1, 0.15) is 22.3 Å². The fraction of sp³-hybridized carbons (Fsp3) is 0.118. The van der Waals surface area contributed by atoms with Gasteiger partial charge in [-0.1, -0.05) is 12.1 Å². The number of nitrogens with two attached hydrogens (primary N) is 1. The number of hydrogen-bond acceptors (Lipinski definition) is 2. The van der Waals surface area contributed by atoms with Crippen LogP contribution in [0.2, 0.25) is 0 Å². The van der Waals surface area contributed by atoms with Crippen molar-refractivity contribution in [3.63, 3.8) is 0 Å². The molecule has 2 nitrogen and oxygen atoms in total. The molecule has 2 aromatic carbocycles. The third kappa shape index (κ3) is 4.53. The summed E-state index contributed by atoms with van der Waals surface area (Å²) >= 11 is 0. The number of allylic oxidation sites excluding steroid dienone is 1. The highest BCUT2D eigenvalue weighted by atomic mass is 19.4. The van der Waals surface area contributed by atoms with E-state index < -0.39 is 29.0 Å². The van der Waals surface area contributed by atoms with Crippen molar-refractivity contribution in [1.29, 1.82) is 5.26 Å². The molecule has 130 valence electrons. The van der Waals surface area contributed by atoms with Gasteiger partial charge in [0.25, 0.3) is 0 Å². The summed E-state index contributed by atoms with van der Waals surface area (Å²) in [5, 5.41) is 9.18. The van der Waals surface area contributed by atoms with Crippen LogP contribution < -0.4 is 5.73 Å². The zero-order valence-corrected chi connectivity index (χ0v) is 12.4. The summed E-state index contributed by atoms with van der Waals surface area (Å²) in [6.07, 6.45) is -8.76. The highest BCUT2D eigenvalue weighted by Gasteiger charge is 2.37. The number of rotatable bonds is 2. The predicted molar refractivity (Wildman–Crippen MR) is 80.8 cm³/mol. The topological polar surface area (TPSA) is 49.8 Å². The summed E-state index contributed by atoms with van der Waals surface area (Å²) in [5.74, 6) is 0. The zero-order chi connectivity index (χ0) is 18.8. The normalized spacial score (nSPS) is 12.8. The molecular formula is C17H10F6N2. The molecule has 8 heteroatoms. The van der Waals surface area contributed by atoms with Gasteiger partial charge in [-0.15, -0.1) is 0 Å². The minimum atomic E-state index is -4.97. The van der Waals surface area contributed by atoms with Gasteiger partial charge in [0, 0.05) is 5.69 Å². The first-order chi connectivity index (χ1) is 11.5. The van der Waals surface area contributed by atoms with Crippen molar-refractivity contribution in [2.75, 3.05) is 5.73 Å². The Balaban J connectivity index is 2.62. The van der Waals surface area contributed by atoms with E-state index in [4.69, 9.17) is 5.73 Å². The minimum Gasteiger partial charge on any atom is -0.399 e. The van der Waals surface area contributed by atoms with E-state index in [2.05, 4.69) is 0 Å². The summed E-state index contributed by atoms with van der Waals surface area (Å²) in [6, 6.07) is 8.65. The summed E-state index contributed by atoms with van der Waals surface area (Å²) in [5.41, 5.74) is 2.58. The van der Waals surface area contributed by atoms with Crippen LogP contribution in [0.15, 0.2) is 42.5 Å². The second kappa shape index (κ2) is 6.51. The molecule has 2 rings (SSSR count). The zero-order valence-electron chi connectivity index (χ0n) is 12.4. The van der Waals surface area contributed by atoms with E-state index in [0.29, 0.717) is 23.4 Å². The third-order valence-electron chi connectivity index (χ3n) is 3.27. The fourth-order valence-electron chi connectivity index (χ4n) is 2.05. The van der Waals surface area contributed by atoms with Crippen LogP contribution in [0.4, 0.5) is 32.0 Å². The van der Waals surface area contributed by atoms with E-state index in [9.17, 15) is 31.6 Å². The number of alkyl halides is 6. The maximum Gasteiger partial charge on any atom is 0.416 e. The number of hydrogen-bond donors (Lipinski definition) is 1. The maximum absolute atomic E-state index is 12.9. The Morgan fingerprint density at radius 3 is 1.76 bits per heavy atom. The number of nitrogens with zero attached hydrogens (tertiary/aromatic N) is 1. The van der Waals surface area contributed by atoms with Crippen LogP contribution >= 0.6 is 0 Å². The molecule has 0 saturated carbocycles. The van der Waals surface area contributed by atoms with Gasteiger partial charge < -0.3 is 5.73 Å². The van der Waals surface area contributed by atoms with E-state index in [-0.39, 0.29) is 11.6 Å². The third-order valence-corrected chi connectivity index (χ3v) is 3.27. The van der Waals surface area contributed by atoms with Crippen molar-refractivity contribution in [3.05, 3.63) is 64.7 Å². The molecule has 0 unspecified atom stereocenters. The second-order valence-corrected chi connectivity index (χ2v) is 5.13. The van der Waals surface area contributed by atoms with Gasteiger partial charge in [0.05, 0.1) is 22.8 Å². The molecule has 0 radical (unpaired) electrons. The highest BCUT2D eigenvalue weighted by molar-refractivity contribution is 5.90. The van der Waals surface area contributed by atoms with Gasteiger partial charge in [0.2, 0.25) is 0 Å². The lowest BCUT2D eigenvalue weighted by Gasteiger charge is -2.14. The Bertz CT molecular complexity index is 807. The van der Waals surface area contributed by atoms with Crippen LogP contribution in [0.5, 0.6) is 0 Å². The molecule has 0 aliphatic heterocycles. The average molecular weight is 356 g/mol. The Morgan fingerprint density at radius 2 is 1.36 bits per heavy atom. The average Bonchev–Trinajstić information content (AvgIpc) is 2.52. The smallest absolute Gasteiger partial charge is 0.399 e. The molecule has 0 amide bonds. The predicted octanol–water partition coefficient (Wildman–Crippen LogP) is 5.37. The number of nitrogen functional groups attached to an aromatic ring is 1. The molecule has 0 bridgehead atoms. The summed E-state index contributed by atoms with van der Waals surface area (Å²) in [7, 11) is 0. The lowest BCUT2D eigenvalue weighted by atomic mass is 9.98. The first-order valence-corrected chi connectivity index (χ1v) is 6.78. The molecule has 0 heterocycles. The monoisotopic (exact) mass is 356 g/mol. The summed E-state index contributed by atoms with van der Waals surface area (Å²) < 4.78 is 77.3. The van der Waals surface area contributed by atoms with Crippen molar-refractivity contribution in [3.8, 4) is 6.07 Å². The van der Waals surface area contributed by atoms with Gasteiger partial charge in [-0.05, 0) is 47.5 Å². The van der Waals surface area contributed by atoms with Crippen LogP contribution in [0.25, 0.3) is 11.6 Å².